The molecular weight excluding hydrogens is 391 g/mol. The first-order chi connectivity index (χ1) is 10.8. The van der Waals surface area contributed by atoms with Crippen molar-refractivity contribution in [2.24, 2.45) is 0 Å². The van der Waals surface area contributed by atoms with Gasteiger partial charge in [0.25, 0.3) is 0 Å². The monoisotopic (exact) mass is 429 g/mol. The molecular formula is C18H39Cl2N4Ti. The van der Waals surface area contributed by atoms with Crippen molar-refractivity contribution < 1.29 is 46.5 Å². The van der Waals surface area contributed by atoms with E-state index in [1.165, 1.54) is 90.6 Å². The second-order valence-electron chi connectivity index (χ2n) is 6.73. The Morgan fingerprint density at radius 1 is 0.640 bits per heavy atom. The number of hydrogen-bond acceptors (Lipinski definition) is 4. The van der Waals surface area contributed by atoms with Gasteiger partial charge in [-0.2, -0.15) is 6.42 Å². The van der Waals surface area contributed by atoms with Crippen LogP contribution in [-0.2, 0) is 21.7 Å². The molecule has 0 saturated carbocycles. The predicted octanol–water partition coefficient (Wildman–Crippen LogP) is -3.67. The number of hydrogen-bond donors (Lipinski definition) is 2. The summed E-state index contributed by atoms with van der Waals surface area (Å²) in [7, 11) is 4.48. The van der Waals surface area contributed by atoms with Crippen molar-refractivity contribution in [2.45, 2.75) is 51.4 Å². The molecule has 0 atom stereocenters. The molecule has 4 nitrogen and oxygen atoms in total. The van der Waals surface area contributed by atoms with Crippen molar-refractivity contribution in [2.75, 3.05) is 59.9 Å². The fraction of sp³-hybridized carbons (Fsp3) is 0.944. The Kier molecular flexibility index (Phi) is 28.6. The van der Waals surface area contributed by atoms with Crippen LogP contribution < -0.4 is 35.4 Å². The molecule has 1 rings (SSSR count). The average molecular weight is 430 g/mol. The Morgan fingerprint density at radius 3 is 1.68 bits per heavy atom. The van der Waals surface area contributed by atoms with E-state index in [-0.39, 0.29) is 46.5 Å². The van der Waals surface area contributed by atoms with Crippen molar-refractivity contribution in [1.29, 1.82) is 0 Å². The third-order valence-electron chi connectivity index (χ3n) is 4.40. The molecule has 1 heterocycles. The summed E-state index contributed by atoms with van der Waals surface area (Å²) in [5.41, 5.74) is 0. The molecule has 0 aliphatic carbocycles. The maximum Gasteiger partial charge on any atom is 3.00 e. The smallest absolute Gasteiger partial charge is 1.00 e. The van der Waals surface area contributed by atoms with E-state index in [1.54, 1.807) is 0 Å². The first-order valence-corrected chi connectivity index (χ1v) is 9.42. The van der Waals surface area contributed by atoms with Crippen LogP contribution in [0.4, 0.5) is 0 Å². The first kappa shape index (κ1) is 30.8. The van der Waals surface area contributed by atoms with Crippen molar-refractivity contribution in [3.63, 3.8) is 0 Å². The van der Waals surface area contributed by atoms with Crippen LogP contribution in [0, 0.1) is 6.54 Å². The standard InChI is InChI=1S/C18H39N4.2ClH.Ti/c1-21-15-7-5-13-19-11-3-4-12-20-14-6-8-16-22(2)18-10-9-17-21;;;/h15,19-20H,3-14,16-18H2,1-2H3;2*1H;/q-1;;;+3/p-2. The van der Waals surface area contributed by atoms with Gasteiger partial charge in [0.2, 0.25) is 0 Å². The van der Waals surface area contributed by atoms with E-state index in [0.29, 0.717) is 0 Å². The zero-order valence-corrected chi connectivity index (χ0v) is 19.4. The van der Waals surface area contributed by atoms with Crippen LogP contribution in [0.1, 0.15) is 51.4 Å². The predicted molar refractivity (Wildman–Crippen MR) is 97.1 cm³/mol. The van der Waals surface area contributed by atoms with Gasteiger partial charge >= 0.3 is 21.7 Å². The third-order valence-corrected chi connectivity index (χ3v) is 4.40. The third kappa shape index (κ3) is 21.3. The van der Waals surface area contributed by atoms with Crippen LogP contribution in [0.3, 0.4) is 0 Å². The van der Waals surface area contributed by atoms with E-state index in [9.17, 15) is 0 Å². The molecule has 0 bridgehead atoms. The summed E-state index contributed by atoms with van der Waals surface area (Å²) < 4.78 is 0. The van der Waals surface area contributed by atoms with Gasteiger partial charge in [-0.15, -0.1) is 0 Å². The molecule has 0 aromatic rings. The van der Waals surface area contributed by atoms with Gasteiger partial charge in [-0.3, -0.25) is 6.54 Å². The Balaban J connectivity index is -0.00000161. The summed E-state index contributed by atoms with van der Waals surface area (Å²) >= 11 is 0. The minimum absolute atomic E-state index is 0. The van der Waals surface area contributed by atoms with Crippen molar-refractivity contribution >= 4 is 0 Å². The first-order valence-electron chi connectivity index (χ1n) is 9.42. The largest absolute Gasteiger partial charge is 3.00 e. The molecule has 0 aromatic carbocycles. The van der Waals surface area contributed by atoms with E-state index in [2.05, 4.69) is 41.1 Å². The maximum absolute atomic E-state index is 3.57. The molecule has 1 radical (unpaired) electrons. The van der Waals surface area contributed by atoms with Crippen LogP contribution in [0.15, 0.2) is 0 Å². The van der Waals surface area contributed by atoms with Crippen molar-refractivity contribution in [1.82, 2.24) is 20.4 Å². The van der Waals surface area contributed by atoms with E-state index in [1.807, 2.05) is 0 Å². The van der Waals surface area contributed by atoms with Gasteiger partial charge in [0.05, 0.1) is 0 Å². The molecule has 1 saturated heterocycles. The Bertz CT molecular complexity index is 227. The molecule has 1 aliphatic heterocycles. The molecule has 2 N–H and O–H groups in total. The van der Waals surface area contributed by atoms with Gasteiger partial charge in [-0.05, 0) is 98.4 Å². The van der Waals surface area contributed by atoms with Crippen LogP contribution in [0.25, 0.3) is 0 Å². The van der Waals surface area contributed by atoms with Gasteiger partial charge in [-0.25, -0.2) is 0 Å². The Morgan fingerprint density at radius 2 is 1.08 bits per heavy atom. The summed E-state index contributed by atoms with van der Waals surface area (Å²) in [6, 6.07) is 0. The summed E-state index contributed by atoms with van der Waals surface area (Å²) in [4.78, 5) is 4.87. The number of nitrogens with zero attached hydrogens (tertiary/aromatic N) is 2. The van der Waals surface area contributed by atoms with E-state index in [4.69, 9.17) is 0 Å². The Hall–Kier alpha value is 1.13. The summed E-state index contributed by atoms with van der Waals surface area (Å²) in [5, 5.41) is 7.13. The molecule has 0 unspecified atom stereocenters. The van der Waals surface area contributed by atoms with E-state index >= 15 is 0 Å². The Labute approximate surface area is 184 Å². The minimum Gasteiger partial charge on any atom is -1.00 e. The normalized spacial score (nSPS) is 21.8. The van der Waals surface area contributed by atoms with E-state index in [0.717, 1.165) is 6.54 Å². The molecule has 0 aromatic heterocycles. The summed E-state index contributed by atoms with van der Waals surface area (Å²) in [6.07, 6.45) is 10.3. The van der Waals surface area contributed by atoms with Gasteiger partial charge < -0.3 is 45.2 Å². The number of halogens is 2. The fourth-order valence-electron chi connectivity index (χ4n) is 2.87. The van der Waals surface area contributed by atoms with Gasteiger partial charge in [0.1, 0.15) is 0 Å². The molecule has 0 spiro atoms. The average Bonchev–Trinajstić information content (AvgIpc) is 2.51. The van der Waals surface area contributed by atoms with Crippen molar-refractivity contribution in [3.8, 4) is 0 Å². The quantitative estimate of drug-likeness (QED) is 0.307. The van der Waals surface area contributed by atoms with Crippen LogP contribution in [0.5, 0.6) is 0 Å². The minimum atomic E-state index is 0. The second kappa shape index (κ2) is 23.2. The number of rotatable bonds is 0. The summed E-state index contributed by atoms with van der Waals surface area (Å²) in [5.74, 6) is 0. The zero-order chi connectivity index (χ0) is 15.9. The molecule has 0 amide bonds. The van der Waals surface area contributed by atoms with Gasteiger partial charge in [-0.1, -0.05) is 6.42 Å². The SMILES string of the molecule is CN1[CH-]CCCNCCCCNCCCCN(C)CCCC1.[Cl-].[Cl-].[Ti+3]. The zero-order valence-electron chi connectivity index (χ0n) is 16.3. The van der Waals surface area contributed by atoms with E-state index < -0.39 is 0 Å². The van der Waals surface area contributed by atoms with Crippen LogP contribution in [0.2, 0.25) is 0 Å². The molecule has 1 aliphatic rings. The maximum atomic E-state index is 3.57. The van der Waals surface area contributed by atoms with Gasteiger partial charge in [0, 0.05) is 0 Å². The topological polar surface area (TPSA) is 30.5 Å². The van der Waals surface area contributed by atoms with Gasteiger partial charge in [0.15, 0.2) is 0 Å². The molecule has 1 fully saturated rings. The molecule has 7 heteroatoms. The van der Waals surface area contributed by atoms with Crippen LogP contribution >= 0.6 is 0 Å². The molecule has 25 heavy (non-hydrogen) atoms. The van der Waals surface area contributed by atoms with Crippen LogP contribution in [-0.4, -0.2) is 69.7 Å². The fourth-order valence-corrected chi connectivity index (χ4v) is 2.87. The van der Waals surface area contributed by atoms with Crippen molar-refractivity contribution in [3.05, 3.63) is 6.54 Å². The number of nitrogens with one attached hydrogen (secondary N) is 2. The summed E-state index contributed by atoms with van der Waals surface area (Å²) in [6.45, 7) is 10.7. The second-order valence-corrected chi connectivity index (χ2v) is 6.73. The molecule has 149 valence electrons.